The van der Waals surface area contributed by atoms with E-state index in [1.165, 1.54) is 0 Å². The molecule has 6 heteroatoms. The van der Waals surface area contributed by atoms with E-state index in [0.29, 0.717) is 13.2 Å². The van der Waals surface area contributed by atoms with Gasteiger partial charge in [-0.15, -0.1) is 0 Å². The van der Waals surface area contributed by atoms with Crippen LogP contribution in [-0.4, -0.2) is 25.0 Å². The van der Waals surface area contributed by atoms with E-state index in [1.807, 2.05) is 0 Å². The Morgan fingerprint density at radius 3 is 2.52 bits per heavy atom. The van der Waals surface area contributed by atoms with Crippen LogP contribution in [0.1, 0.15) is 39.0 Å². The lowest BCUT2D eigenvalue weighted by Gasteiger charge is -2.25. The number of nitrogens with two attached hydrogens (primary N) is 1. The molecule has 1 aliphatic carbocycles. The van der Waals surface area contributed by atoms with Gasteiger partial charge in [0.2, 0.25) is 0 Å². The van der Waals surface area contributed by atoms with Gasteiger partial charge in [-0.1, -0.05) is 32.6 Å². The smallest absolute Gasteiger partial charge is 0.293 e. The van der Waals surface area contributed by atoms with E-state index in [-0.39, 0.29) is 11.8 Å². The van der Waals surface area contributed by atoms with Crippen molar-refractivity contribution in [3.05, 3.63) is 0 Å². The topological polar surface area (TPSA) is 104 Å². The zero-order valence-electron chi connectivity index (χ0n) is 12.3. The Kier molecular flexibility index (Phi) is 3.20. The van der Waals surface area contributed by atoms with Crippen LogP contribution < -0.4 is 5.73 Å². The molecular weight excluding hydrogens is 268 g/mol. The number of aliphatic imine (C=N–C) groups is 1. The van der Waals surface area contributed by atoms with Gasteiger partial charge < -0.3 is 15.2 Å². The second-order valence-corrected chi connectivity index (χ2v) is 6.02. The molecule has 1 spiro atoms. The number of rotatable bonds is 5. The fraction of sp³-hybridized carbons (Fsp3) is 0.800. The Labute approximate surface area is 124 Å². The molecule has 0 unspecified atom stereocenters. The number of nitriles is 2. The molecule has 0 aromatic rings. The highest BCUT2D eigenvalue weighted by atomic mass is 16.8. The SMILES string of the molecule is CCCCCC[C@H]1[C@]2(C#N)C(N)=NC3(OCCO3)[C@]12C#N. The minimum atomic E-state index is -1.35. The largest absolute Gasteiger partial charge is 0.386 e. The van der Waals surface area contributed by atoms with Crippen LogP contribution in [0.4, 0.5) is 0 Å². The van der Waals surface area contributed by atoms with Crippen LogP contribution in [0.2, 0.25) is 0 Å². The molecule has 21 heavy (non-hydrogen) atoms. The van der Waals surface area contributed by atoms with Crippen molar-refractivity contribution in [2.75, 3.05) is 13.2 Å². The predicted molar refractivity (Wildman–Crippen MR) is 74.6 cm³/mol. The first-order valence-electron chi connectivity index (χ1n) is 7.61. The molecule has 0 amide bonds. The summed E-state index contributed by atoms with van der Waals surface area (Å²) in [5.41, 5.74) is 3.92. The molecule has 2 fully saturated rings. The molecule has 0 aromatic heterocycles. The van der Waals surface area contributed by atoms with Crippen LogP contribution in [0.5, 0.6) is 0 Å². The highest BCUT2D eigenvalue weighted by Gasteiger charge is 2.93. The molecule has 112 valence electrons. The van der Waals surface area contributed by atoms with Crippen molar-refractivity contribution in [3.63, 3.8) is 0 Å². The van der Waals surface area contributed by atoms with Crippen molar-refractivity contribution in [1.29, 1.82) is 10.5 Å². The molecule has 0 bridgehead atoms. The van der Waals surface area contributed by atoms with Gasteiger partial charge in [0.25, 0.3) is 5.91 Å². The molecule has 3 rings (SSSR count). The lowest BCUT2D eigenvalue weighted by Crippen LogP contribution is -2.39. The van der Waals surface area contributed by atoms with Crippen LogP contribution in [0.15, 0.2) is 4.99 Å². The van der Waals surface area contributed by atoms with Gasteiger partial charge in [0.15, 0.2) is 5.41 Å². The van der Waals surface area contributed by atoms with Gasteiger partial charge in [-0.05, 0) is 6.42 Å². The van der Waals surface area contributed by atoms with Gasteiger partial charge in [0.05, 0.1) is 25.4 Å². The van der Waals surface area contributed by atoms with Crippen molar-refractivity contribution >= 4 is 5.84 Å². The van der Waals surface area contributed by atoms with Crippen LogP contribution in [0, 0.1) is 39.4 Å². The summed E-state index contributed by atoms with van der Waals surface area (Å²) in [4.78, 5) is 4.24. The third-order valence-electron chi connectivity index (χ3n) is 5.13. The molecule has 3 atom stereocenters. The number of ether oxygens (including phenoxy) is 2. The van der Waals surface area contributed by atoms with Gasteiger partial charge in [-0.3, -0.25) is 0 Å². The average Bonchev–Trinajstić information content (AvgIpc) is 2.74. The molecule has 0 radical (unpaired) electrons. The van der Waals surface area contributed by atoms with E-state index in [0.717, 1.165) is 32.1 Å². The summed E-state index contributed by atoms with van der Waals surface area (Å²) < 4.78 is 11.3. The highest BCUT2D eigenvalue weighted by Crippen LogP contribution is 2.79. The van der Waals surface area contributed by atoms with Crippen LogP contribution in [0.25, 0.3) is 0 Å². The van der Waals surface area contributed by atoms with Gasteiger partial charge in [-0.2, -0.15) is 10.5 Å². The molecule has 6 nitrogen and oxygen atoms in total. The van der Waals surface area contributed by atoms with Crippen LogP contribution in [0.3, 0.4) is 0 Å². The number of unbranched alkanes of at least 4 members (excludes halogenated alkanes) is 3. The third kappa shape index (κ3) is 1.44. The van der Waals surface area contributed by atoms with Crippen molar-refractivity contribution in [3.8, 4) is 12.1 Å². The summed E-state index contributed by atoms with van der Waals surface area (Å²) in [6.45, 7) is 2.91. The molecule has 2 aliphatic heterocycles. The second kappa shape index (κ2) is 4.69. The minimum absolute atomic E-state index is 0.146. The van der Waals surface area contributed by atoms with Crippen LogP contribution in [-0.2, 0) is 9.47 Å². The maximum atomic E-state index is 9.79. The lowest BCUT2D eigenvalue weighted by atomic mass is 9.94. The summed E-state index contributed by atoms with van der Waals surface area (Å²) in [5.74, 6) is -1.29. The molecule has 0 aromatic carbocycles. The number of fused-ring (bicyclic) bond motifs is 2. The zero-order chi connectivity index (χ0) is 15.1. The molecule has 2 N–H and O–H groups in total. The summed E-state index contributed by atoms with van der Waals surface area (Å²) in [6.07, 6.45) is 5.17. The highest BCUT2D eigenvalue weighted by molar-refractivity contribution is 5.98. The molecular formula is C15H20N4O2. The number of nitrogens with zero attached hydrogens (tertiary/aromatic N) is 3. The molecule has 1 saturated carbocycles. The van der Waals surface area contributed by atoms with E-state index in [2.05, 4.69) is 24.1 Å². The standard InChI is InChI=1S/C15H20N4O2/c1-2-3-4-5-6-11-13(9-16)12(18)19-15(14(11,13)10-17)20-7-8-21-15/h11H,2-8H2,1H3,(H2,18,19)/t11-,13+,14+/m0/s1. The molecule has 1 saturated heterocycles. The third-order valence-corrected chi connectivity index (χ3v) is 5.13. The fourth-order valence-corrected chi connectivity index (χ4v) is 4.10. The Bertz CT molecular complexity index is 555. The number of hydrogen-bond donors (Lipinski definition) is 1. The first kappa shape index (κ1) is 14.3. The minimum Gasteiger partial charge on any atom is -0.386 e. The van der Waals surface area contributed by atoms with Crippen molar-refractivity contribution < 1.29 is 9.47 Å². The van der Waals surface area contributed by atoms with E-state index in [1.54, 1.807) is 0 Å². The Balaban J connectivity index is 1.88. The Morgan fingerprint density at radius 2 is 1.95 bits per heavy atom. The normalized spacial score (nSPS) is 38.6. The maximum Gasteiger partial charge on any atom is 0.293 e. The lowest BCUT2D eigenvalue weighted by molar-refractivity contribution is -0.186. The molecule has 2 heterocycles. The monoisotopic (exact) mass is 288 g/mol. The van der Waals surface area contributed by atoms with E-state index in [9.17, 15) is 10.5 Å². The Morgan fingerprint density at radius 1 is 1.24 bits per heavy atom. The summed E-state index contributed by atoms with van der Waals surface area (Å²) in [7, 11) is 0. The van der Waals surface area contributed by atoms with Gasteiger partial charge in [0, 0.05) is 5.92 Å². The van der Waals surface area contributed by atoms with Crippen molar-refractivity contribution in [1.82, 2.24) is 0 Å². The molecule has 3 aliphatic rings. The average molecular weight is 288 g/mol. The van der Waals surface area contributed by atoms with E-state index >= 15 is 0 Å². The number of amidine groups is 1. The summed E-state index contributed by atoms with van der Waals surface area (Å²) >= 11 is 0. The van der Waals surface area contributed by atoms with Crippen molar-refractivity contribution in [2.24, 2.45) is 27.5 Å². The van der Waals surface area contributed by atoms with E-state index < -0.39 is 16.7 Å². The maximum absolute atomic E-state index is 9.79. The first-order chi connectivity index (χ1) is 10.1. The summed E-state index contributed by atoms with van der Waals surface area (Å²) in [6, 6.07) is 4.55. The summed E-state index contributed by atoms with van der Waals surface area (Å²) in [5, 5.41) is 19.5. The van der Waals surface area contributed by atoms with Gasteiger partial charge in [-0.25, -0.2) is 4.99 Å². The quantitative estimate of drug-likeness (QED) is 0.775. The predicted octanol–water partition coefficient (Wildman–Crippen LogP) is 1.68. The fourth-order valence-electron chi connectivity index (χ4n) is 4.10. The second-order valence-electron chi connectivity index (χ2n) is 6.02. The van der Waals surface area contributed by atoms with Crippen molar-refractivity contribution in [2.45, 2.75) is 44.9 Å². The van der Waals surface area contributed by atoms with E-state index in [4.69, 9.17) is 15.2 Å². The first-order valence-corrected chi connectivity index (χ1v) is 7.61. The Hall–Kier alpha value is -1.63. The van der Waals surface area contributed by atoms with Gasteiger partial charge in [0.1, 0.15) is 11.3 Å². The van der Waals surface area contributed by atoms with Gasteiger partial charge >= 0.3 is 0 Å². The zero-order valence-corrected chi connectivity index (χ0v) is 12.3. The number of hydrogen-bond acceptors (Lipinski definition) is 6. The van der Waals surface area contributed by atoms with Crippen LogP contribution >= 0.6 is 0 Å².